The van der Waals surface area contributed by atoms with Crippen molar-refractivity contribution in [3.63, 3.8) is 0 Å². The van der Waals surface area contributed by atoms with E-state index in [1.807, 2.05) is 60.7 Å². The Labute approximate surface area is 335 Å². The largest absolute Gasteiger partial charge is 0.457 e. The smallest absolute Gasteiger partial charge is 0.164 e. The molecule has 58 heavy (non-hydrogen) atoms. The summed E-state index contributed by atoms with van der Waals surface area (Å²) in [5, 5.41) is 3.25. The van der Waals surface area contributed by atoms with Gasteiger partial charge in [0.2, 0.25) is 0 Å². The molecule has 1 spiro atoms. The van der Waals surface area contributed by atoms with Crippen LogP contribution in [0.5, 0.6) is 11.5 Å². The van der Waals surface area contributed by atoms with Crippen LogP contribution in [-0.2, 0) is 5.41 Å². The maximum atomic E-state index is 6.93. The lowest BCUT2D eigenvalue weighted by Gasteiger charge is -2.39. The van der Waals surface area contributed by atoms with Gasteiger partial charge in [0.15, 0.2) is 17.5 Å². The molecule has 0 amide bonds. The first-order chi connectivity index (χ1) is 28.7. The second-order valence-corrected chi connectivity index (χ2v) is 14.9. The maximum absolute atomic E-state index is 6.93. The fraction of sp³-hybridized carbons (Fsp3) is 0.0189. The molecule has 0 saturated heterocycles. The Morgan fingerprint density at radius 2 is 0.828 bits per heavy atom. The van der Waals surface area contributed by atoms with Gasteiger partial charge in [-0.3, -0.25) is 0 Å². The number of nitrogens with zero attached hydrogens (tertiary/aromatic N) is 4. The summed E-state index contributed by atoms with van der Waals surface area (Å²) in [6.45, 7) is 0. The zero-order valence-electron chi connectivity index (χ0n) is 31.2. The molecule has 5 heteroatoms. The number of benzene rings is 8. The summed E-state index contributed by atoms with van der Waals surface area (Å²) in [6.07, 6.45) is 0. The van der Waals surface area contributed by atoms with Crippen LogP contribution in [0.3, 0.4) is 0 Å². The third kappa shape index (κ3) is 4.77. The van der Waals surface area contributed by atoms with Gasteiger partial charge >= 0.3 is 0 Å². The lowest BCUT2D eigenvalue weighted by atomic mass is 9.65. The van der Waals surface area contributed by atoms with Crippen molar-refractivity contribution in [3.8, 4) is 68.0 Å². The molecule has 1 aliphatic heterocycles. The average Bonchev–Trinajstić information content (AvgIpc) is 3.59. The fourth-order valence-electron chi connectivity index (χ4n) is 9.23. The van der Waals surface area contributed by atoms with Gasteiger partial charge in [-0.15, -0.1) is 0 Å². The van der Waals surface area contributed by atoms with E-state index in [2.05, 4.69) is 133 Å². The van der Waals surface area contributed by atoms with E-state index in [9.17, 15) is 0 Å². The summed E-state index contributed by atoms with van der Waals surface area (Å²) in [6, 6.07) is 67.8. The SMILES string of the molecule is c1ccc(-c2nc(-c3ccccc3)nc(-c3ccc(-c4nc5ccccc5c5cc6c(cc45)Oc4ccccc4C64c5ccccc5-c5ccccc54)cc3)n2)cc1. The lowest BCUT2D eigenvalue weighted by molar-refractivity contribution is 0.437. The number of pyridine rings is 1. The molecule has 0 atom stereocenters. The van der Waals surface area contributed by atoms with Crippen LogP contribution in [0.1, 0.15) is 22.3 Å². The van der Waals surface area contributed by atoms with E-state index in [1.54, 1.807) is 0 Å². The standard InChI is InChI=1S/C53H32N4O/c1-3-15-34(16-4-1)50-55-51(35-17-5-2-6-18-35)57-52(56-50)36-29-27-33(28-30-36)49-41-32-48-45(31-40(41)39-21-9-13-25-46(39)54-49)53(44-24-12-14-26-47(44)58-48)42-22-10-7-19-37(42)38-20-8-11-23-43(38)53/h1-32H. The summed E-state index contributed by atoms with van der Waals surface area (Å²) in [5.41, 5.74) is 12.4. The molecule has 8 aromatic carbocycles. The molecule has 3 heterocycles. The van der Waals surface area contributed by atoms with Crippen molar-refractivity contribution < 1.29 is 4.74 Å². The topological polar surface area (TPSA) is 60.8 Å². The number of ether oxygens (including phenoxy) is 1. The second-order valence-electron chi connectivity index (χ2n) is 14.9. The van der Waals surface area contributed by atoms with Crippen molar-refractivity contribution >= 4 is 21.7 Å². The maximum Gasteiger partial charge on any atom is 0.164 e. The molecule has 0 saturated carbocycles. The molecular weight excluding hydrogens is 709 g/mol. The van der Waals surface area contributed by atoms with E-state index >= 15 is 0 Å². The van der Waals surface area contributed by atoms with Gasteiger partial charge in [0.25, 0.3) is 0 Å². The Bertz CT molecular complexity index is 3150. The Morgan fingerprint density at radius 3 is 1.47 bits per heavy atom. The van der Waals surface area contributed by atoms with Crippen LogP contribution >= 0.6 is 0 Å². The van der Waals surface area contributed by atoms with E-state index in [4.69, 9.17) is 24.7 Å². The van der Waals surface area contributed by atoms with Crippen molar-refractivity contribution in [1.29, 1.82) is 0 Å². The van der Waals surface area contributed by atoms with Crippen molar-refractivity contribution in [1.82, 2.24) is 19.9 Å². The van der Waals surface area contributed by atoms with Crippen molar-refractivity contribution in [2.45, 2.75) is 5.41 Å². The first-order valence-corrected chi connectivity index (χ1v) is 19.6. The molecule has 2 aromatic heterocycles. The third-order valence-corrected chi connectivity index (χ3v) is 11.8. The molecule has 5 nitrogen and oxygen atoms in total. The zero-order valence-corrected chi connectivity index (χ0v) is 31.2. The molecule has 0 bridgehead atoms. The summed E-state index contributed by atoms with van der Waals surface area (Å²) < 4.78 is 6.93. The minimum absolute atomic E-state index is 0.556. The van der Waals surface area contributed by atoms with Crippen LogP contribution in [0, 0.1) is 0 Å². The molecule has 12 rings (SSSR count). The van der Waals surface area contributed by atoms with Gasteiger partial charge in [0.1, 0.15) is 11.5 Å². The average molecular weight is 741 g/mol. The Morgan fingerprint density at radius 1 is 0.328 bits per heavy atom. The van der Waals surface area contributed by atoms with E-state index in [1.165, 1.54) is 22.3 Å². The van der Waals surface area contributed by atoms with Crippen molar-refractivity contribution in [2.24, 2.45) is 0 Å². The zero-order chi connectivity index (χ0) is 38.2. The number of hydrogen-bond donors (Lipinski definition) is 0. The number of hydrogen-bond acceptors (Lipinski definition) is 5. The highest BCUT2D eigenvalue weighted by Gasteiger charge is 2.51. The molecular formula is C53H32N4O. The highest BCUT2D eigenvalue weighted by Crippen LogP contribution is 2.62. The fourth-order valence-corrected chi connectivity index (χ4v) is 9.23. The van der Waals surface area contributed by atoms with E-state index < -0.39 is 5.41 Å². The number of para-hydroxylation sites is 2. The van der Waals surface area contributed by atoms with Crippen LogP contribution in [0.4, 0.5) is 0 Å². The van der Waals surface area contributed by atoms with Gasteiger partial charge in [-0.1, -0.05) is 170 Å². The summed E-state index contributed by atoms with van der Waals surface area (Å²) in [5.74, 6) is 3.57. The molecule has 0 N–H and O–H groups in total. The molecule has 0 fully saturated rings. The molecule has 0 radical (unpaired) electrons. The van der Waals surface area contributed by atoms with Crippen molar-refractivity contribution in [3.05, 3.63) is 216 Å². The highest BCUT2D eigenvalue weighted by atomic mass is 16.5. The van der Waals surface area contributed by atoms with E-state index in [0.717, 1.165) is 72.2 Å². The first-order valence-electron chi connectivity index (χ1n) is 19.6. The van der Waals surface area contributed by atoms with Gasteiger partial charge in [-0.2, -0.15) is 0 Å². The minimum atomic E-state index is -0.556. The third-order valence-electron chi connectivity index (χ3n) is 11.8. The van der Waals surface area contributed by atoms with Gasteiger partial charge < -0.3 is 4.74 Å². The molecule has 2 aliphatic rings. The number of rotatable bonds is 4. The Balaban J connectivity index is 1.06. The number of fused-ring (bicyclic) bond motifs is 12. The lowest BCUT2D eigenvalue weighted by Crippen LogP contribution is -2.32. The molecule has 0 unspecified atom stereocenters. The normalized spacial score (nSPS) is 13.1. The molecule has 270 valence electrons. The monoisotopic (exact) mass is 740 g/mol. The van der Waals surface area contributed by atoms with Crippen LogP contribution in [0.2, 0.25) is 0 Å². The summed E-state index contributed by atoms with van der Waals surface area (Å²) in [7, 11) is 0. The molecule has 1 aliphatic carbocycles. The van der Waals surface area contributed by atoms with Gasteiger partial charge in [-0.05, 0) is 51.9 Å². The van der Waals surface area contributed by atoms with Crippen LogP contribution in [0.25, 0.3) is 78.2 Å². The number of aromatic nitrogens is 4. The van der Waals surface area contributed by atoms with Crippen LogP contribution < -0.4 is 4.74 Å². The quantitative estimate of drug-likeness (QED) is 0.168. The van der Waals surface area contributed by atoms with Gasteiger partial charge in [-0.25, -0.2) is 19.9 Å². The summed E-state index contributed by atoms with van der Waals surface area (Å²) >= 11 is 0. The predicted octanol–water partition coefficient (Wildman–Crippen LogP) is 12.7. The van der Waals surface area contributed by atoms with E-state index in [-0.39, 0.29) is 0 Å². The van der Waals surface area contributed by atoms with Crippen molar-refractivity contribution in [2.75, 3.05) is 0 Å². The Hall–Kier alpha value is -7.76. The van der Waals surface area contributed by atoms with Crippen LogP contribution in [0.15, 0.2) is 194 Å². The molecule has 10 aromatic rings. The van der Waals surface area contributed by atoms with Gasteiger partial charge in [0, 0.05) is 44.2 Å². The first kappa shape index (κ1) is 32.5. The van der Waals surface area contributed by atoms with Gasteiger partial charge in [0.05, 0.1) is 16.6 Å². The minimum Gasteiger partial charge on any atom is -0.457 e. The van der Waals surface area contributed by atoms with Crippen LogP contribution in [-0.4, -0.2) is 19.9 Å². The predicted molar refractivity (Wildman–Crippen MR) is 232 cm³/mol. The Kier molecular flexibility index (Phi) is 7.07. The second kappa shape index (κ2) is 12.6. The van der Waals surface area contributed by atoms with E-state index in [0.29, 0.717) is 17.5 Å². The highest BCUT2D eigenvalue weighted by molar-refractivity contribution is 6.12. The summed E-state index contributed by atoms with van der Waals surface area (Å²) in [4.78, 5) is 20.2.